The van der Waals surface area contributed by atoms with Gasteiger partial charge in [-0.1, -0.05) is 23.3 Å². The van der Waals surface area contributed by atoms with Crippen molar-refractivity contribution in [1.82, 2.24) is 4.98 Å². The monoisotopic (exact) mass is 184 g/mol. The first kappa shape index (κ1) is 8.53. The molecule has 0 bridgehead atoms. The molecule has 0 aliphatic heterocycles. The first-order valence-electron chi connectivity index (χ1n) is 4.23. The minimum absolute atomic E-state index is 0.635. The summed E-state index contributed by atoms with van der Waals surface area (Å²) in [5.41, 5.74) is 10.8. The highest BCUT2D eigenvalue weighted by atomic mass is 15.1. The van der Waals surface area contributed by atoms with Crippen LogP contribution in [0.3, 0.4) is 0 Å². The van der Waals surface area contributed by atoms with Gasteiger partial charge in [-0.3, -0.25) is 4.98 Å². The van der Waals surface area contributed by atoms with Gasteiger partial charge in [-0.15, -0.1) is 0 Å². The lowest BCUT2D eigenvalue weighted by Crippen LogP contribution is -1.82. The lowest BCUT2D eigenvalue weighted by Gasteiger charge is -2.01. The number of fused-ring (bicyclic) bond motifs is 1. The molecule has 0 aliphatic rings. The zero-order chi connectivity index (χ0) is 9.97. The third kappa shape index (κ3) is 1.39. The van der Waals surface area contributed by atoms with E-state index in [1.165, 1.54) is 0 Å². The largest absolute Gasteiger partial charge is 0.253 e. The molecule has 0 radical (unpaired) electrons. The van der Waals surface area contributed by atoms with Crippen molar-refractivity contribution in [3.05, 3.63) is 46.5 Å². The molecule has 0 saturated heterocycles. The molecule has 0 unspecified atom stereocenters. The lowest BCUT2D eigenvalue weighted by molar-refractivity contribution is 1.25. The van der Waals surface area contributed by atoms with Gasteiger partial charge in [0, 0.05) is 21.7 Å². The average molecular weight is 184 g/mol. The fourth-order valence-corrected chi connectivity index (χ4v) is 1.42. The number of benzene rings is 1. The van der Waals surface area contributed by atoms with Crippen molar-refractivity contribution in [3.8, 4) is 0 Å². The fourth-order valence-electron chi connectivity index (χ4n) is 1.42. The Morgan fingerprint density at radius 3 is 2.93 bits per heavy atom. The van der Waals surface area contributed by atoms with E-state index in [0.29, 0.717) is 5.69 Å². The number of rotatable bonds is 1. The van der Waals surface area contributed by atoms with E-state index in [0.717, 1.165) is 16.6 Å². The Labute approximate surface area is 80.8 Å². The maximum absolute atomic E-state index is 8.41. The Kier molecular flexibility index (Phi) is 2.05. The average Bonchev–Trinajstić information content (AvgIpc) is 2.18. The number of azide groups is 1. The summed E-state index contributed by atoms with van der Waals surface area (Å²) in [5.74, 6) is 0. The van der Waals surface area contributed by atoms with Crippen LogP contribution in [0.4, 0.5) is 5.69 Å². The van der Waals surface area contributed by atoms with Crippen LogP contribution in [-0.4, -0.2) is 4.98 Å². The van der Waals surface area contributed by atoms with Gasteiger partial charge in [0.05, 0.1) is 5.52 Å². The number of hydrogen-bond donors (Lipinski definition) is 0. The summed E-state index contributed by atoms with van der Waals surface area (Å²) < 4.78 is 0. The van der Waals surface area contributed by atoms with Crippen molar-refractivity contribution < 1.29 is 0 Å². The van der Waals surface area contributed by atoms with Crippen molar-refractivity contribution in [3.63, 3.8) is 0 Å². The molecule has 2 rings (SSSR count). The number of aryl methyl sites for hydroxylation is 1. The van der Waals surface area contributed by atoms with Gasteiger partial charge in [-0.2, -0.15) is 0 Å². The highest BCUT2D eigenvalue weighted by molar-refractivity contribution is 5.89. The van der Waals surface area contributed by atoms with E-state index in [1.54, 1.807) is 6.07 Å². The zero-order valence-electron chi connectivity index (χ0n) is 7.68. The van der Waals surface area contributed by atoms with E-state index in [1.807, 2.05) is 31.2 Å². The number of nitrogens with zero attached hydrogens (tertiary/aromatic N) is 4. The van der Waals surface area contributed by atoms with Gasteiger partial charge < -0.3 is 0 Å². The van der Waals surface area contributed by atoms with Crippen LogP contribution in [0.15, 0.2) is 35.4 Å². The molecule has 2 aromatic rings. The second-order valence-electron chi connectivity index (χ2n) is 2.99. The van der Waals surface area contributed by atoms with Crippen molar-refractivity contribution >= 4 is 16.6 Å². The summed E-state index contributed by atoms with van der Waals surface area (Å²) in [6.45, 7) is 1.88. The summed E-state index contributed by atoms with van der Waals surface area (Å²) in [6.07, 6.45) is 0. The van der Waals surface area contributed by atoms with Crippen LogP contribution < -0.4 is 0 Å². The van der Waals surface area contributed by atoms with E-state index < -0.39 is 0 Å². The molecule has 0 aliphatic carbocycles. The Hall–Kier alpha value is -2.06. The SMILES string of the molecule is Cc1cc(N=[N+]=[N-])c2ccccc2n1. The van der Waals surface area contributed by atoms with E-state index in [4.69, 9.17) is 5.53 Å². The van der Waals surface area contributed by atoms with Crippen LogP contribution in [-0.2, 0) is 0 Å². The standard InChI is InChI=1S/C10H8N4/c1-7-6-10(13-14-11)8-4-2-3-5-9(8)12-7/h2-6H,1H3. The minimum Gasteiger partial charge on any atom is -0.253 e. The third-order valence-electron chi connectivity index (χ3n) is 1.97. The molecule has 68 valence electrons. The van der Waals surface area contributed by atoms with E-state index in [-0.39, 0.29) is 0 Å². The number of aromatic nitrogens is 1. The van der Waals surface area contributed by atoms with Gasteiger partial charge in [0.2, 0.25) is 0 Å². The van der Waals surface area contributed by atoms with E-state index >= 15 is 0 Å². The van der Waals surface area contributed by atoms with Crippen molar-refractivity contribution in [2.24, 2.45) is 5.11 Å². The molecule has 1 aromatic carbocycles. The van der Waals surface area contributed by atoms with Crippen molar-refractivity contribution in [2.75, 3.05) is 0 Å². The maximum Gasteiger partial charge on any atom is 0.0709 e. The summed E-state index contributed by atoms with van der Waals surface area (Å²) in [4.78, 5) is 7.13. The highest BCUT2D eigenvalue weighted by Gasteiger charge is 2.00. The highest BCUT2D eigenvalue weighted by Crippen LogP contribution is 2.25. The van der Waals surface area contributed by atoms with Crippen molar-refractivity contribution in [1.29, 1.82) is 0 Å². The molecule has 4 nitrogen and oxygen atoms in total. The van der Waals surface area contributed by atoms with Gasteiger partial charge in [0.1, 0.15) is 0 Å². The predicted molar refractivity (Wildman–Crippen MR) is 55.3 cm³/mol. The summed E-state index contributed by atoms with van der Waals surface area (Å²) in [7, 11) is 0. The quantitative estimate of drug-likeness (QED) is 0.380. The Balaban J connectivity index is 2.86. The van der Waals surface area contributed by atoms with Gasteiger partial charge in [0.15, 0.2) is 0 Å². The molecular weight excluding hydrogens is 176 g/mol. The van der Waals surface area contributed by atoms with Crippen LogP contribution in [0.2, 0.25) is 0 Å². The van der Waals surface area contributed by atoms with Gasteiger partial charge in [0.25, 0.3) is 0 Å². The number of pyridine rings is 1. The van der Waals surface area contributed by atoms with Crippen LogP contribution in [0.1, 0.15) is 5.69 Å². The molecule has 0 atom stereocenters. The number of para-hydroxylation sites is 1. The summed E-state index contributed by atoms with van der Waals surface area (Å²) in [5, 5.41) is 4.52. The molecule has 0 spiro atoms. The molecule has 14 heavy (non-hydrogen) atoms. The normalized spacial score (nSPS) is 9.79. The van der Waals surface area contributed by atoms with E-state index in [9.17, 15) is 0 Å². The molecular formula is C10H8N4. The molecule has 0 fully saturated rings. The molecule has 0 saturated carbocycles. The Morgan fingerprint density at radius 2 is 2.14 bits per heavy atom. The second-order valence-corrected chi connectivity index (χ2v) is 2.99. The minimum atomic E-state index is 0.635. The number of hydrogen-bond acceptors (Lipinski definition) is 2. The van der Waals surface area contributed by atoms with Gasteiger partial charge in [-0.25, -0.2) is 0 Å². The van der Waals surface area contributed by atoms with Crippen molar-refractivity contribution in [2.45, 2.75) is 6.92 Å². The predicted octanol–water partition coefficient (Wildman–Crippen LogP) is 3.49. The van der Waals surface area contributed by atoms with Crippen LogP contribution >= 0.6 is 0 Å². The zero-order valence-corrected chi connectivity index (χ0v) is 7.68. The van der Waals surface area contributed by atoms with Gasteiger partial charge >= 0.3 is 0 Å². The Bertz CT molecular complexity index is 527. The fraction of sp³-hybridized carbons (Fsp3) is 0.100. The van der Waals surface area contributed by atoms with Crippen LogP contribution in [0.25, 0.3) is 21.3 Å². The molecule has 1 aromatic heterocycles. The van der Waals surface area contributed by atoms with Gasteiger partial charge in [-0.05, 0) is 24.6 Å². The molecule has 4 heteroatoms. The topological polar surface area (TPSA) is 61.7 Å². The Morgan fingerprint density at radius 1 is 1.36 bits per heavy atom. The van der Waals surface area contributed by atoms with Crippen LogP contribution in [0.5, 0.6) is 0 Å². The summed E-state index contributed by atoms with van der Waals surface area (Å²) >= 11 is 0. The third-order valence-corrected chi connectivity index (χ3v) is 1.97. The van der Waals surface area contributed by atoms with Crippen LogP contribution in [0, 0.1) is 6.92 Å². The first-order valence-corrected chi connectivity index (χ1v) is 4.23. The first-order chi connectivity index (χ1) is 6.81. The van der Waals surface area contributed by atoms with E-state index in [2.05, 4.69) is 15.0 Å². The molecule has 0 N–H and O–H groups in total. The molecule has 0 amide bonds. The maximum atomic E-state index is 8.41. The molecule has 1 heterocycles. The summed E-state index contributed by atoms with van der Waals surface area (Å²) in [6, 6.07) is 9.39. The second kappa shape index (κ2) is 3.36. The lowest BCUT2D eigenvalue weighted by atomic mass is 10.2. The smallest absolute Gasteiger partial charge is 0.0709 e.